The Morgan fingerprint density at radius 1 is 0.710 bits per heavy atom. The van der Waals surface area contributed by atoms with Gasteiger partial charge in [0.15, 0.2) is 0 Å². The molecule has 0 saturated carbocycles. The molecule has 0 aromatic heterocycles. The van der Waals surface area contributed by atoms with Crippen molar-refractivity contribution in [2.24, 2.45) is 0 Å². The molecule has 162 valence electrons. The van der Waals surface area contributed by atoms with E-state index >= 15 is 0 Å². The van der Waals surface area contributed by atoms with Crippen LogP contribution in [0.1, 0.15) is 26.7 Å². The largest absolute Gasteiger partial charge is 0.508 e. The first kappa shape index (κ1) is 25.2. The molecule has 0 bridgehead atoms. The minimum absolute atomic E-state index is 0.241. The second-order valence-electron chi connectivity index (χ2n) is 8.07. The Bertz CT molecular complexity index is 997. The van der Waals surface area contributed by atoms with E-state index in [-0.39, 0.29) is 5.43 Å². The zero-order valence-electron chi connectivity index (χ0n) is 19.0. The van der Waals surface area contributed by atoms with E-state index in [0.29, 0.717) is 11.5 Å². The fraction of sp³-hybridized carbons (Fsp3) is 0.222. The average Bonchev–Trinajstić information content (AvgIpc) is 3.46. The minimum Gasteiger partial charge on any atom is -0.508 e. The van der Waals surface area contributed by atoms with Crippen LogP contribution in [0.4, 0.5) is 0 Å². The van der Waals surface area contributed by atoms with E-state index < -0.39 is 18.4 Å². The van der Waals surface area contributed by atoms with Gasteiger partial charge in [-0.3, -0.25) is 0 Å². The second-order valence-corrected chi connectivity index (χ2v) is 31.2. The van der Waals surface area contributed by atoms with E-state index in [1.165, 1.54) is 12.8 Å². The van der Waals surface area contributed by atoms with E-state index in [9.17, 15) is 0 Å². The van der Waals surface area contributed by atoms with Gasteiger partial charge in [0.05, 0.1) is 0 Å². The molecule has 4 rings (SSSR count). The predicted molar refractivity (Wildman–Crippen MR) is 134 cm³/mol. The van der Waals surface area contributed by atoms with Crippen LogP contribution in [-0.2, 0) is 18.4 Å². The third kappa shape index (κ3) is 6.98. The molecule has 2 aliphatic carbocycles. The van der Waals surface area contributed by atoms with Gasteiger partial charge in [-0.05, 0) is 24.3 Å². The number of rotatable bonds is 2. The molecule has 0 aliphatic heterocycles. The van der Waals surface area contributed by atoms with Crippen LogP contribution in [0, 0.1) is 0 Å². The molecule has 2 aliphatic rings. The fourth-order valence-electron chi connectivity index (χ4n) is 4.30. The van der Waals surface area contributed by atoms with Crippen LogP contribution in [0.5, 0.6) is 11.5 Å². The third-order valence-electron chi connectivity index (χ3n) is 5.52. The first-order chi connectivity index (χ1) is 14.9. The molecule has 0 amide bonds. The third-order valence-corrected chi connectivity index (χ3v) is 35.1. The van der Waals surface area contributed by atoms with Crippen molar-refractivity contribution >= 4 is 8.64 Å². The number of phenols is 2. The quantitative estimate of drug-likeness (QED) is 0.425. The van der Waals surface area contributed by atoms with Crippen molar-refractivity contribution in [1.82, 2.24) is 0 Å². The van der Waals surface area contributed by atoms with Crippen molar-refractivity contribution in [2.45, 2.75) is 39.8 Å². The van der Waals surface area contributed by atoms with Crippen LogP contribution in [0.3, 0.4) is 0 Å². The number of benzene rings is 2. The van der Waals surface area contributed by atoms with Gasteiger partial charge in [-0.2, -0.15) is 0 Å². The molecular weight excluding hydrogens is 476 g/mol. The smallest absolute Gasteiger partial charge is 0.115 e. The van der Waals surface area contributed by atoms with Gasteiger partial charge in [0.2, 0.25) is 0 Å². The summed E-state index contributed by atoms with van der Waals surface area (Å²) in [7, 11) is 0. The molecule has 2 aromatic carbocycles. The molecule has 2 nitrogen and oxygen atoms in total. The molecule has 4 heteroatoms. The first-order valence-corrected chi connectivity index (χ1v) is 20.6. The summed E-state index contributed by atoms with van der Waals surface area (Å²) < 4.78 is 5.43. The standard InChI is InChI=1S/2C6H6O.2C5H5.C3H6.C2H6Si.Zr/c2*7-6-4-2-1-3-5-6;2*1-2-4-5-3-1;2*1-3-2;/h2*1-5,7H;2*1-3H,4H2;2*1-2H3;. The molecule has 0 spiro atoms. The summed E-state index contributed by atoms with van der Waals surface area (Å²) in [6.45, 7) is 9.91. The Hall–Kier alpha value is -2.03. The van der Waals surface area contributed by atoms with Gasteiger partial charge in [0.25, 0.3) is 0 Å². The topological polar surface area (TPSA) is 40.5 Å². The first-order valence-electron chi connectivity index (χ1n) is 10.7. The number of hydrogen-bond donors (Lipinski definition) is 2. The van der Waals surface area contributed by atoms with E-state index in [1.54, 1.807) is 51.7 Å². The Balaban J connectivity index is 0.000000199. The zero-order valence-corrected chi connectivity index (χ0v) is 22.5. The normalized spacial score (nSPS) is 13.4. The Labute approximate surface area is 191 Å². The molecule has 2 aromatic rings. The van der Waals surface area contributed by atoms with E-state index in [0.717, 1.165) is 0 Å². The molecule has 0 saturated heterocycles. The molecule has 0 fully saturated rings. The average molecular weight is 510 g/mol. The van der Waals surface area contributed by atoms with Gasteiger partial charge >= 0.3 is 110 Å². The van der Waals surface area contributed by atoms with E-state index in [1.807, 2.05) is 18.7 Å². The molecule has 2 N–H and O–H groups in total. The molecule has 31 heavy (non-hydrogen) atoms. The number of hydrogen-bond acceptors (Lipinski definition) is 2. The van der Waals surface area contributed by atoms with Crippen LogP contribution in [0.25, 0.3) is 0 Å². The van der Waals surface area contributed by atoms with Crippen LogP contribution in [0.15, 0.2) is 104 Å². The van der Waals surface area contributed by atoms with Gasteiger partial charge in [-0.25, -0.2) is 0 Å². The molecule has 0 heterocycles. The summed E-state index contributed by atoms with van der Waals surface area (Å²) in [6.07, 6.45) is 16.6. The summed E-state index contributed by atoms with van der Waals surface area (Å²) in [5.41, 5.74) is -0.241. The van der Waals surface area contributed by atoms with E-state index in [4.69, 9.17) is 10.2 Å². The number of para-hydroxylation sites is 2. The Morgan fingerprint density at radius 2 is 1.10 bits per heavy atom. The summed E-state index contributed by atoms with van der Waals surface area (Å²) >= 11 is -2.36. The van der Waals surface area contributed by atoms with Gasteiger partial charge in [0.1, 0.15) is 11.5 Å². The van der Waals surface area contributed by atoms with Crippen molar-refractivity contribution in [3.8, 4) is 11.5 Å². The minimum atomic E-state index is -2.36. The maximum Gasteiger partial charge on any atom is 0.115 e. The zero-order chi connectivity index (χ0) is 22.7. The number of aromatic hydroxyl groups is 2. The van der Waals surface area contributed by atoms with Crippen molar-refractivity contribution < 1.29 is 28.6 Å². The van der Waals surface area contributed by atoms with Crippen molar-refractivity contribution in [3.05, 3.63) is 104 Å². The summed E-state index contributed by atoms with van der Waals surface area (Å²) in [5.74, 6) is 0.644. The Morgan fingerprint density at radius 3 is 1.29 bits per heavy atom. The molecule has 0 unspecified atom stereocenters. The monoisotopic (exact) mass is 508 g/mol. The van der Waals surface area contributed by atoms with Crippen molar-refractivity contribution in [1.29, 1.82) is 0 Å². The van der Waals surface area contributed by atoms with E-state index in [2.05, 4.69) is 63.4 Å². The fourth-order valence-corrected chi connectivity index (χ4v) is 33.6. The Kier molecular flexibility index (Phi) is 10.4. The number of allylic oxidation sites excluding steroid dienone is 8. The van der Waals surface area contributed by atoms with Crippen LogP contribution in [-0.4, -0.2) is 18.9 Å². The van der Waals surface area contributed by atoms with Gasteiger partial charge in [-0.15, -0.1) is 0 Å². The van der Waals surface area contributed by atoms with Gasteiger partial charge in [-0.1, -0.05) is 36.4 Å². The van der Waals surface area contributed by atoms with Crippen LogP contribution in [0.2, 0.25) is 13.1 Å². The van der Waals surface area contributed by atoms with Crippen LogP contribution < -0.4 is 0 Å². The summed E-state index contributed by atoms with van der Waals surface area (Å²) in [4.78, 5) is 0. The maximum atomic E-state index is 8.63. The molecular formula is C27H34O2SiZr. The summed E-state index contributed by atoms with van der Waals surface area (Å²) in [6, 6.07) is 17.4. The SMILES string of the molecule is C[C](C)=[Zr]([C]1=CC=CC1)([C]1=CC=CC1)=[Si](C)C.Oc1ccccc1.Oc1ccccc1. The molecule has 0 atom stereocenters. The van der Waals surface area contributed by atoms with Gasteiger partial charge < -0.3 is 10.2 Å². The predicted octanol–water partition coefficient (Wildman–Crippen LogP) is 7.08. The van der Waals surface area contributed by atoms with Crippen LogP contribution >= 0.6 is 0 Å². The van der Waals surface area contributed by atoms with Crippen molar-refractivity contribution in [2.75, 3.05) is 0 Å². The summed E-state index contributed by atoms with van der Waals surface area (Å²) in [5, 5.41) is 17.3. The van der Waals surface area contributed by atoms with Gasteiger partial charge in [0, 0.05) is 0 Å². The maximum absolute atomic E-state index is 8.63. The molecule has 0 radical (unpaired) electrons. The second kappa shape index (κ2) is 12.7. The van der Waals surface area contributed by atoms with Crippen molar-refractivity contribution in [3.63, 3.8) is 0 Å². The number of phenolic OH excluding ortho intramolecular Hbond substituents is 2.